The van der Waals surface area contributed by atoms with Gasteiger partial charge < -0.3 is 4.98 Å². The molecule has 102 valence electrons. The van der Waals surface area contributed by atoms with E-state index in [-0.39, 0.29) is 5.82 Å². The van der Waals surface area contributed by atoms with Gasteiger partial charge in [-0.1, -0.05) is 29.3 Å². The van der Waals surface area contributed by atoms with E-state index in [2.05, 4.69) is 4.98 Å². The van der Waals surface area contributed by atoms with E-state index in [4.69, 9.17) is 35.4 Å². The lowest BCUT2D eigenvalue weighted by Crippen LogP contribution is -1.98. The second-order valence-corrected chi connectivity index (χ2v) is 5.70. The van der Waals surface area contributed by atoms with Crippen LogP contribution in [-0.4, -0.2) is 9.55 Å². The van der Waals surface area contributed by atoms with Crippen molar-refractivity contribution in [1.29, 1.82) is 0 Å². The number of nitrogens with one attached hydrogen (secondary N) is 1. The summed E-state index contributed by atoms with van der Waals surface area (Å²) < 4.78 is 16.1. The molecule has 0 unspecified atom stereocenters. The van der Waals surface area contributed by atoms with Gasteiger partial charge in [0.2, 0.25) is 0 Å². The standard InChI is InChI=1S/C14H9Cl2FN2S/c1-7-2-3-10(17)12(4-7)19-13-6-9(16)8(15)5-11(13)18-14(19)20/h2-6H,1H3,(H,18,20). The second kappa shape index (κ2) is 4.88. The van der Waals surface area contributed by atoms with Gasteiger partial charge in [0.25, 0.3) is 0 Å². The highest BCUT2D eigenvalue weighted by Gasteiger charge is 2.13. The lowest BCUT2D eigenvalue weighted by Gasteiger charge is -2.07. The van der Waals surface area contributed by atoms with Crippen molar-refractivity contribution >= 4 is 46.5 Å². The van der Waals surface area contributed by atoms with E-state index < -0.39 is 0 Å². The van der Waals surface area contributed by atoms with E-state index in [0.29, 0.717) is 31.5 Å². The Morgan fingerprint density at radius 1 is 1.15 bits per heavy atom. The molecule has 0 saturated carbocycles. The fourth-order valence-corrected chi connectivity index (χ4v) is 2.76. The molecule has 1 heterocycles. The van der Waals surface area contributed by atoms with Gasteiger partial charge in [0.05, 0.1) is 26.8 Å². The number of halogens is 3. The van der Waals surface area contributed by atoms with Crippen LogP contribution < -0.4 is 0 Å². The van der Waals surface area contributed by atoms with Gasteiger partial charge in [-0.25, -0.2) is 4.39 Å². The Balaban J connectivity index is 2.42. The fraction of sp³-hybridized carbons (Fsp3) is 0.0714. The van der Waals surface area contributed by atoms with Crippen LogP contribution in [0.1, 0.15) is 5.56 Å². The highest BCUT2D eigenvalue weighted by Crippen LogP contribution is 2.30. The van der Waals surface area contributed by atoms with Crippen molar-refractivity contribution in [3.8, 4) is 5.69 Å². The third kappa shape index (κ3) is 2.14. The van der Waals surface area contributed by atoms with Crippen molar-refractivity contribution < 1.29 is 4.39 Å². The molecule has 3 rings (SSSR count). The first kappa shape index (κ1) is 13.6. The van der Waals surface area contributed by atoms with Crippen molar-refractivity contribution in [2.24, 2.45) is 0 Å². The molecule has 0 aliphatic heterocycles. The third-order valence-electron chi connectivity index (χ3n) is 3.07. The Morgan fingerprint density at radius 2 is 1.85 bits per heavy atom. The lowest BCUT2D eigenvalue weighted by atomic mass is 10.2. The van der Waals surface area contributed by atoms with E-state index in [1.54, 1.807) is 28.8 Å². The Bertz CT molecular complexity index is 883. The maximum absolute atomic E-state index is 14.1. The summed E-state index contributed by atoms with van der Waals surface area (Å²) in [4.78, 5) is 3.01. The summed E-state index contributed by atoms with van der Waals surface area (Å²) in [6.45, 7) is 1.89. The summed E-state index contributed by atoms with van der Waals surface area (Å²) in [5.41, 5.74) is 2.73. The summed E-state index contributed by atoms with van der Waals surface area (Å²) in [6.07, 6.45) is 0. The second-order valence-electron chi connectivity index (χ2n) is 4.50. The van der Waals surface area contributed by atoms with E-state index >= 15 is 0 Å². The number of rotatable bonds is 1. The van der Waals surface area contributed by atoms with Gasteiger partial charge in [-0.05, 0) is 49.0 Å². The molecule has 0 bridgehead atoms. The van der Waals surface area contributed by atoms with Gasteiger partial charge in [0.1, 0.15) is 5.82 Å². The molecule has 1 aromatic heterocycles. The molecule has 0 radical (unpaired) electrons. The van der Waals surface area contributed by atoms with Crippen LogP contribution >= 0.6 is 35.4 Å². The molecule has 3 aromatic rings. The van der Waals surface area contributed by atoms with Crippen LogP contribution in [0.3, 0.4) is 0 Å². The smallest absolute Gasteiger partial charge is 0.182 e. The Labute approximate surface area is 129 Å². The molecule has 2 nitrogen and oxygen atoms in total. The van der Waals surface area contributed by atoms with Gasteiger partial charge in [-0.2, -0.15) is 0 Å². The maximum Gasteiger partial charge on any atom is 0.182 e. The predicted octanol–water partition coefficient (Wildman–Crippen LogP) is 5.44. The molecule has 0 aliphatic rings. The van der Waals surface area contributed by atoms with Crippen LogP contribution in [0.4, 0.5) is 4.39 Å². The van der Waals surface area contributed by atoms with Crippen LogP contribution in [0.2, 0.25) is 10.0 Å². The zero-order chi connectivity index (χ0) is 14.4. The number of fused-ring (bicyclic) bond motifs is 1. The monoisotopic (exact) mass is 326 g/mol. The topological polar surface area (TPSA) is 20.7 Å². The van der Waals surface area contributed by atoms with Crippen molar-refractivity contribution in [2.45, 2.75) is 6.92 Å². The Morgan fingerprint density at radius 3 is 2.60 bits per heavy atom. The van der Waals surface area contributed by atoms with Crippen molar-refractivity contribution in [3.05, 3.63) is 56.5 Å². The summed E-state index contributed by atoms with van der Waals surface area (Å²) in [7, 11) is 0. The van der Waals surface area contributed by atoms with Crippen molar-refractivity contribution in [3.63, 3.8) is 0 Å². The largest absolute Gasteiger partial charge is 0.330 e. The van der Waals surface area contributed by atoms with Crippen LogP contribution in [-0.2, 0) is 0 Å². The first-order valence-corrected chi connectivity index (χ1v) is 7.00. The number of aromatic amines is 1. The Hall–Kier alpha value is -1.36. The molecule has 0 saturated heterocycles. The van der Waals surface area contributed by atoms with E-state index in [9.17, 15) is 4.39 Å². The van der Waals surface area contributed by atoms with Crippen LogP contribution in [0, 0.1) is 17.5 Å². The number of benzene rings is 2. The molecule has 0 atom stereocenters. The van der Waals surface area contributed by atoms with E-state index in [1.807, 2.05) is 6.92 Å². The minimum absolute atomic E-state index is 0.348. The summed E-state index contributed by atoms with van der Waals surface area (Å²) in [6, 6.07) is 8.22. The summed E-state index contributed by atoms with van der Waals surface area (Å²) in [5, 5.41) is 0.822. The lowest BCUT2D eigenvalue weighted by molar-refractivity contribution is 0.618. The van der Waals surface area contributed by atoms with E-state index in [1.165, 1.54) is 6.07 Å². The van der Waals surface area contributed by atoms with Gasteiger partial charge in [-0.15, -0.1) is 0 Å². The maximum atomic E-state index is 14.1. The normalized spacial score (nSPS) is 11.2. The first-order valence-electron chi connectivity index (χ1n) is 5.83. The van der Waals surface area contributed by atoms with Crippen LogP contribution in [0.25, 0.3) is 16.7 Å². The molecular formula is C14H9Cl2FN2S. The zero-order valence-corrected chi connectivity index (χ0v) is 12.7. The average Bonchev–Trinajstić information content (AvgIpc) is 2.69. The fourth-order valence-electron chi connectivity index (χ4n) is 2.14. The average molecular weight is 327 g/mol. The molecule has 6 heteroatoms. The molecule has 2 aromatic carbocycles. The zero-order valence-electron chi connectivity index (χ0n) is 10.4. The number of imidazole rings is 1. The van der Waals surface area contributed by atoms with Gasteiger partial charge in [0.15, 0.2) is 4.77 Å². The minimum atomic E-state index is -0.348. The molecule has 0 aliphatic carbocycles. The molecular weight excluding hydrogens is 318 g/mol. The molecule has 0 fully saturated rings. The first-order chi connectivity index (χ1) is 9.47. The van der Waals surface area contributed by atoms with Crippen LogP contribution in [0.15, 0.2) is 30.3 Å². The Kier molecular flexibility index (Phi) is 3.32. The summed E-state index contributed by atoms with van der Waals surface area (Å²) in [5.74, 6) is -0.348. The highest BCUT2D eigenvalue weighted by atomic mass is 35.5. The number of aryl methyl sites for hydroxylation is 1. The molecule has 0 spiro atoms. The van der Waals surface area contributed by atoms with Crippen molar-refractivity contribution in [1.82, 2.24) is 9.55 Å². The predicted molar refractivity (Wildman–Crippen MR) is 83.2 cm³/mol. The number of hydrogen-bond donors (Lipinski definition) is 1. The summed E-state index contributed by atoms with van der Waals surface area (Å²) >= 11 is 17.3. The van der Waals surface area contributed by atoms with Gasteiger partial charge in [0, 0.05) is 0 Å². The number of hydrogen-bond acceptors (Lipinski definition) is 1. The molecule has 0 amide bonds. The minimum Gasteiger partial charge on any atom is -0.330 e. The third-order valence-corrected chi connectivity index (χ3v) is 4.07. The molecule has 20 heavy (non-hydrogen) atoms. The van der Waals surface area contributed by atoms with E-state index in [0.717, 1.165) is 5.56 Å². The van der Waals surface area contributed by atoms with Gasteiger partial charge in [-0.3, -0.25) is 4.57 Å². The highest BCUT2D eigenvalue weighted by molar-refractivity contribution is 7.71. The van der Waals surface area contributed by atoms with Crippen molar-refractivity contribution in [2.75, 3.05) is 0 Å². The number of H-pyrrole nitrogens is 1. The molecule has 1 N–H and O–H groups in total. The number of aromatic nitrogens is 2. The SMILES string of the molecule is Cc1ccc(F)c(-n2c(=S)[nH]c3cc(Cl)c(Cl)cc32)c1. The number of nitrogens with zero attached hydrogens (tertiary/aromatic N) is 1. The van der Waals surface area contributed by atoms with Crippen LogP contribution in [0.5, 0.6) is 0 Å². The van der Waals surface area contributed by atoms with Gasteiger partial charge >= 0.3 is 0 Å². The quantitative estimate of drug-likeness (QED) is 0.590.